The highest BCUT2D eigenvalue weighted by molar-refractivity contribution is 5.87. The van der Waals surface area contributed by atoms with Crippen molar-refractivity contribution in [1.29, 1.82) is 0 Å². The van der Waals surface area contributed by atoms with Crippen LogP contribution < -0.4 is 0 Å². The summed E-state index contributed by atoms with van der Waals surface area (Å²) in [5, 5.41) is 0. The number of benzene rings is 1. The van der Waals surface area contributed by atoms with E-state index in [-0.39, 0.29) is 24.3 Å². The molecule has 0 N–H and O–H groups in total. The molecule has 1 aromatic carbocycles. The summed E-state index contributed by atoms with van der Waals surface area (Å²) < 4.78 is 231. The van der Waals surface area contributed by atoms with Gasteiger partial charge in [0.05, 0.1) is 6.61 Å². The van der Waals surface area contributed by atoms with E-state index >= 15 is 0 Å². The number of rotatable bonds is 10. The minimum Gasteiger partial charge on any atom is -0.463 e. The van der Waals surface area contributed by atoms with E-state index in [4.69, 9.17) is 0 Å². The summed E-state index contributed by atoms with van der Waals surface area (Å²) in [7, 11) is 0. The lowest BCUT2D eigenvalue weighted by Crippen LogP contribution is -2.74. The van der Waals surface area contributed by atoms with E-state index in [1.807, 2.05) is 0 Å². The first-order valence-electron chi connectivity index (χ1n) is 9.35. The van der Waals surface area contributed by atoms with Crippen LogP contribution in [0.15, 0.2) is 30.3 Å². The van der Waals surface area contributed by atoms with E-state index < -0.39 is 59.2 Å². The zero-order chi connectivity index (χ0) is 30.4. The maximum Gasteiger partial charge on any atom is 0.460 e. The Balaban J connectivity index is 3.56. The molecule has 0 fully saturated rings. The molecular formula is C19H11F17O2. The van der Waals surface area contributed by atoms with Gasteiger partial charge in [-0.3, -0.25) is 0 Å². The van der Waals surface area contributed by atoms with Gasteiger partial charge in [0.1, 0.15) is 0 Å². The summed E-state index contributed by atoms with van der Waals surface area (Å²) in [5.41, 5.74) is -2.67. The zero-order valence-electron chi connectivity index (χ0n) is 17.9. The van der Waals surface area contributed by atoms with Crippen LogP contribution in [-0.4, -0.2) is 54.3 Å². The molecule has 0 amide bonds. The predicted molar refractivity (Wildman–Crippen MR) is 91.7 cm³/mol. The van der Waals surface area contributed by atoms with Crippen LogP contribution in [0.25, 0.3) is 6.08 Å². The van der Waals surface area contributed by atoms with E-state index in [0.717, 1.165) is 6.08 Å². The average molecular weight is 594 g/mol. The summed E-state index contributed by atoms with van der Waals surface area (Å²) in [6, 6.07) is 0.380. The highest BCUT2D eigenvalue weighted by Crippen LogP contribution is 2.65. The minimum absolute atomic E-state index is 0.124. The number of hydrogen-bond acceptors (Lipinski definition) is 2. The molecule has 0 saturated carbocycles. The maximum absolute atomic E-state index is 14.2. The fourth-order valence-electron chi connectivity index (χ4n) is 2.50. The van der Waals surface area contributed by atoms with Crippen LogP contribution in [0.2, 0.25) is 0 Å². The molecule has 1 rings (SSSR count). The Morgan fingerprint density at radius 3 is 1.37 bits per heavy atom. The molecule has 0 heterocycles. The molecule has 2 nitrogen and oxygen atoms in total. The smallest absolute Gasteiger partial charge is 0.460 e. The van der Waals surface area contributed by atoms with Crippen LogP contribution in [0.4, 0.5) is 74.6 Å². The van der Waals surface area contributed by atoms with Crippen molar-refractivity contribution >= 4 is 12.0 Å². The van der Waals surface area contributed by atoms with Gasteiger partial charge in [0.2, 0.25) is 0 Å². The molecule has 0 aliphatic rings. The van der Waals surface area contributed by atoms with Gasteiger partial charge in [-0.15, -0.1) is 0 Å². The zero-order valence-corrected chi connectivity index (χ0v) is 17.9. The van der Waals surface area contributed by atoms with Crippen LogP contribution in [-0.2, 0) is 15.5 Å². The minimum atomic E-state index is -8.68. The van der Waals surface area contributed by atoms with Gasteiger partial charge in [0.15, 0.2) is 0 Å². The fourth-order valence-corrected chi connectivity index (χ4v) is 2.50. The van der Waals surface area contributed by atoms with Crippen LogP contribution in [0.1, 0.15) is 18.1 Å². The second kappa shape index (κ2) is 9.77. The second-order valence-corrected chi connectivity index (χ2v) is 7.23. The number of ether oxygens (including phenoxy) is 1. The fraction of sp³-hybridized carbons (Fsp3) is 0.526. The molecule has 0 aromatic heterocycles. The molecule has 19 heteroatoms. The number of hydrogen-bond donors (Lipinski definition) is 0. The van der Waals surface area contributed by atoms with Gasteiger partial charge in [-0.2, -0.15) is 74.6 Å². The lowest BCUT2D eigenvalue weighted by atomic mass is 9.87. The van der Waals surface area contributed by atoms with Crippen LogP contribution in [0.5, 0.6) is 0 Å². The Morgan fingerprint density at radius 2 is 1.00 bits per heavy atom. The number of carbonyl (C=O) groups excluding carboxylic acids is 1. The molecule has 0 radical (unpaired) electrons. The number of halogens is 17. The third kappa shape index (κ3) is 4.87. The van der Waals surface area contributed by atoms with Gasteiger partial charge in [-0.05, 0) is 18.6 Å². The molecule has 0 aliphatic carbocycles. The summed E-state index contributed by atoms with van der Waals surface area (Å²) in [4.78, 5) is 11.1. The Kier molecular flexibility index (Phi) is 8.55. The topological polar surface area (TPSA) is 26.3 Å². The Hall–Kier alpha value is -2.76. The van der Waals surface area contributed by atoms with Crippen LogP contribution >= 0.6 is 0 Å². The number of esters is 1. The van der Waals surface area contributed by atoms with Crippen molar-refractivity contribution in [3.8, 4) is 0 Å². The van der Waals surface area contributed by atoms with Crippen molar-refractivity contribution in [3.63, 3.8) is 0 Å². The third-order valence-corrected chi connectivity index (χ3v) is 4.69. The summed E-state index contributed by atoms with van der Waals surface area (Å²) in [6.07, 6.45) is -6.37. The Labute approximate surface area is 200 Å². The number of alkyl halides is 17. The van der Waals surface area contributed by atoms with Crippen molar-refractivity contribution in [2.45, 2.75) is 54.6 Å². The van der Waals surface area contributed by atoms with E-state index in [9.17, 15) is 79.4 Å². The molecule has 0 spiro atoms. The van der Waals surface area contributed by atoms with Crippen molar-refractivity contribution in [2.75, 3.05) is 6.61 Å². The van der Waals surface area contributed by atoms with Gasteiger partial charge >= 0.3 is 53.6 Å². The lowest BCUT2D eigenvalue weighted by Gasteiger charge is -2.42. The Morgan fingerprint density at radius 1 is 0.632 bits per heavy atom. The monoisotopic (exact) mass is 594 g/mol. The largest absolute Gasteiger partial charge is 0.463 e. The quantitative estimate of drug-likeness (QED) is 0.158. The molecule has 0 atom stereocenters. The highest BCUT2D eigenvalue weighted by atomic mass is 19.4. The van der Waals surface area contributed by atoms with Crippen molar-refractivity contribution < 1.29 is 84.2 Å². The maximum atomic E-state index is 14.2. The summed E-state index contributed by atoms with van der Waals surface area (Å²) in [5.74, 6) is -57.9. The van der Waals surface area contributed by atoms with Crippen LogP contribution in [0, 0.1) is 0 Å². The van der Waals surface area contributed by atoms with Crippen molar-refractivity contribution in [2.24, 2.45) is 0 Å². The van der Waals surface area contributed by atoms with E-state index in [1.165, 1.54) is 6.92 Å². The second-order valence-electron chi connectivity index (χ2n) is 7.23. The van der Waals surface area contributed by atoms with E-state index in [1.54, 1.807) is 0 Å². The van der Waals surface area contributed by atoms with Crippen molar-refractivity contribution in [1.82, 2.24) is 0 Å². The molecule has 0 saturated heterocycles. The highest BCUT2D eigenvalue weighted by Gasteiger charge is 2.95. The first-order chi connectivity index (χ1) is 16.7. The molecule has 38 heavy (non-hydrogen) atoms. The van der Waals surface area contributed by atoms with Crippen molar-refractivity contribution in [3.05, 3.63) is 41.5 Å². The van der Waals surface area contributed by atoms with Crippen LogP contribution in [0.3, 0.4) is 0 Å². The molecule has 218 valence electrons. The van der Waals surface area contributed by atoms with Gasteiger partial charge in [0.25, 0.3) is 0 Å². The standard InChI is InChI=1S/C19H11F17O2/c1-2-38-11(37)8-5-9-3-6-10(7-4-9)12(20,21)13(22,23)14(24,25)15(26,27)16(28,29)17(30,31)18(32,33)19(34,35)36/h3-8H,2H2,1H3/b8-5+. The SMILES string of the molecule is CCOC(=O)/C=C/c1ccc(C(F)(F)C(F)(F)C(F)(F)C(F)(F)C(F)(F)C(F)(F)C(F)(F)C(F)(F)F)cc1. The predicted octanol–water partition coefficient (Wildman–Crippen LogP) is 7.73. The van der Waals surface area contributed by atoms with E-state index in [2.05, 4.69) is 4.74 Å². The molecular weight excluding hydrogens is 583 g/mol. The molecule has 0 bridgehead atoms. The molecule has 0 aliphatic heterocycles. The lowest BCUT2D eigenvalue weighted by molar-refractivity contribution is -0.462. The Bertz CT molecular complexity index is 1020. The average Bonchev–Trinajstić information content (AvgIpc) is 2.76. The summed E-state index contributed by atoms with van der Waals surface area (Å²) in [6.45, 7) is 1.25. The van der Waals surface area contributed by atoms with Gasteiger partial charge in [-0.25, -0.2) is 4.79 Å². The third-order valence-electron chi connectivity index (χ3n) is 4.69. The molecule has 0 unspecified atom stereocenters. The summed E-state index contributed by atoms with van der Waals surface area (Å²) >= 11 is 0. The normalized spacial score (nSPS) is 15.2. The van der Waals surface area contributed by atoms with Gasteiger partial charge in [0, 0.05) is 11.6 Å². The molecule has 1 aromatic rings. The first kappa shape index (κ1) is 33.3. The number of carbonyl (C=O) groups is 1. The van der Waals surface area contributed by atoms with Gasteiger partial charge in [-0.1, -0.05) is 24.3 Å². The van der Waals surface area contributed by atoms with Gasteiger partial charge < -0.3 is 4.74 Å². The first-order valence-corrected chi connectivity index (χ1v) is 9.35. The van der Waals surface area contributed by atoms with E-state index in [0.29, 0.717) is 18.2 Å².